The first kappa shape index (κ1) is 11.9. The summed E-state index contributed by atoms with van der Waals surface area (Å²) in [7, 11) is 0. The Morgan fingerprint density at radius 2 is 1.94 bits per heavy atom. The molecule has 0 aromatic rings. The number of hydrogen-bond donors (Lipinski definition) is 1. The largest absolute Gasteiger partial charge is 0.481 e. The van der Waals surface area contributed by atoms with Gasteiger partial charge >= 0.3 is 5.97 Å². The van der Waals surface area contributed by atoms with Crippen LogP contribution in [0.2, 0.25) is 0 Å². The molecule has 0 aromatic carbocycles. The van der Waals surface area contributed by atoms with Crippen LogP contribution >= 0.6 is 0 Å². The second-order valence-electron chi connectivity index (χ2n) is 5.38. The molecule has 2 rings (SSSR count). The molecule has 1 saturated heterocycles. The van der Waals surface area contributed by atoms with E-state index in [0.717, 1.165) is 38.3 Å². The lowest BCUT2D eigenvalue weighted by Crippen LogP contribution is -2.55. The molecule has 0 aromatic heterocycles. The number of carboxylic acid groups (broad SMARTS) is 1. The Bertz CT molecular complexity index is 248. The van der Waals surface area contributed by atoms with E-state index in [4.69, 9.17) is 0 Å². The first-order valence-corrected chi connectivity index (χ1v) is 6.69. The summed E-state index contributed by atoms with van der Waals surface area (Å²) in [4.78, 5) is 13.7. The van der Waals surface area contributed by atoms with E-state index < -0.39 is 5.97 Å². The molecule has 0 bridgehead atoms. The minimum atomic E-state index is -0.577. The van der Waals surface area contributed by atoms with Gasteiger partial charge in [0.05, 0.1) is 5.92 Å². The topological polar surface area (TPSA) is 40.5 Å². The van der Waals surface area contributed by atoms with Gasteiger partial charge in [0.15, 0.2) is 0 Å². The van der Waals surface area contributed by atoms with E-state index in [1.807, 2.05) is 0 Å². The first-order valence-electron chi connectivity index (χ1n) is 6.69. The number of likely N-dealkylation sites (tertiary alicyclic amines) is 1. The van der Waals surface area contributed by atoms with Crippen molar-refractivity contribution in [3.8, 4) is 0 Å². The molecule has 0 radical (unpaired) electrons. The van der Waals surface area contributed by atoms with E-state index in [1.165, 1.54) is 19.3 Å². The third-order valence-electron chi connectivity index (χ3n) is 4.33. The monoisotopic (exact) mass is 225 g/mol. The zero-order chi connectivity index (χ0) is 11.5. The van der Waals surface area contributed by atoms with Gasteiger partial charge in [-0.25, -0.2) is 0 Å². The fourth-order valence-corrected chi connectivity index (χ4v) is 3.15. The van der Waals surface area contributed by atoms with Gasteiger partial charge in [-0.3, -0.25) is 9.69 Å². The highest BCUT2D eigenvalue weighted by Crippen LogP contribution is 2.32. The summed E-state index contributed by atoms with van der Waals surface area (Å²) in [6.07, 6.45) is 6.73. The Morgan fingerprint density at radius 1 is 1.25 bits per heavy atom. The van der Waals surface area contributed by atoms with Crippen LogP contribution in [-0.4, -0.2) is 35.1 Å². The molecule has 0 spiro atoms. The van der Waals surface area contributed by atoms with Crippen molar-refractivity contribution < 1.29 is 9.90 Å². The van der Waals surface area contributed by atoms with Gasteiger partial charge in [0.1, 0.15) is 0 Å². The Hall–Kier alpha value is -0.570. The van der Waals surface area contributed by atoms with Gasteiger partial charge in [-0.2, -0.15) is 0 Å². The number of carbonyl (C=O) groups is 1. The van der Waals surface area contributed by atoms with Gasteiger partial charge in [-0.1, -0.05) is 32.6 Å². The van der Waals surface area contributed by atoms with Gasteiger partial charge in [-0.15, -0.1) is 0 Å². The lowest BCUT2D eigenvalue weighted by Gasteiger charge is -2.45. The van der Waals surface area contributed by atoms with Gasteiger partial charge in [0, 0.05) is 19.1 Å². The number of hydrogen-bond acceptors (Lipinski definition) is 2. The standard InChI is InChI=1S/C13H23NO2/c1-2-10-8-14(9-10)12-7-5-3-4-6-11(12)13(15)16/h10-12H,2-9H2,1H3,(H,15,16). The third-order valence-corrected chi connectivity index (χ3v) is 4.33. The number of nitrogens with zero attached hydrogens (tertiary/aromatic N) is 1. The summed E-state index contributed by atoms with van der Waals surface area (Å²) in [6, 6.07) is 0.322. The molecule has 16 heavy (non-hydrogen) atoms. The Labute approximate surface area is 97.8 Å². The average Bonchev–Trinajstić information content (AvgIpc) is 2.41. The van der Waals surface area contributed by atoms with Crippen molar-refractivity contribution in [2.24, 2.45) is 11.8 Å². The third kappa shape index (κ3) is 2.40. The van der Waals surface area contributed by atoms with E-state index in [1.54, 1.807) is 0 Å². The van der Waals surface area contributed by atoms with Crippen LogP contribution in [0.15, 0.2) is 0 Å². The van der Waals surface area contributed by atoms with Crippen molar-refractivity contribution in [1.29, 1.82) is 0 Å². The fourth-order valence-electron chi connectivity index (χ4n) is 3.15. The van der Waals surface area contributed by atoms with Crippen LogP contribution in [-0.2, 0) is 4.79 Å². The van der Waals surface area contributed by atoms with Gasteiger partial charge in [-0.05, 0) is 18.8 Å². The van der Waals surface area contributed by atoms with Crippen LogP contribution in [0, 0.1) is 11.8 Å². The van der Waals surface area contributed by atoms with Crippen molar-refractivity contribution in [1.82, 2.24) is 4.90 Å². The smallest absolute Gasteiger partial charge is 0.308 e. The van der Waals surface area contributed by atoms with Crippen molar-refractivity contribution in [3.63, 3.8) is 0 Å². The van der Waals surface area contributed by atoms with E-state index >= 15 is 0 Å². The van der Waals surface area contributed by atoms with Crippen LogP contribution in [0.1, 0.15) is 45.4 Å². The van der Waals surface area contributed by atoms with Crippen LogP contribution in [0.5, 0.6) is 0 Å². The summed E-state index contributed by atoms with van der Waals surface area (Å²) in [5.74, 6) is 0.129. The summed E-state index contributed by atoms with van der Waals surface area (Å²) >= 11 is 0. The number of rotatable bonds is 3. The Kier molecular flexibility index (Phi) is 3.85. The van der Waals surface area contributed by atoms with Crippen molar-refractivity contribution in [2.45, 2.75) is 51.5 Å². The van der Waals surface area contributed by atoms with Crippen LogP contribution in [0.25, 0.3) is 0 Å². The minimum Gasteiger partial charge on any atom is -0.481 e. The summed E-state index contributed by atoms with van der Waals surface area (Å²) in [5, 5.41) is 9.30. The molecule has 1 saturated carbocycles. The molecular weight excluding hydrogens is 202 g/mol. The quantitative estimate of drug-likeness (QED) is 0.750. The highest BCUT2D eigenvalue weighted by molar-refractivity contribution is 5.71. The molecule has 0 amide bonds. The maximum absolute atomic E-state index is 11.3. The van der Waals surface area contributed by atoms with E-state index in [-0.39, 0.29) is 5.92 Å². The Morgan fingerprint density at radius 3 is 2.56 bits per heavy atom. The van der Waals surface area contributed by atoms with Crippen LogP contribution in [0.4, 0.5) is 0 Å². The highest BCUT2D eigenvalue weighted by atomic mass is 16.4. The van der Waals surface area contributed by atoms with E-state index in [0.29, 0.717) is 6.04 Å². The lowest BCUT2D eigenvalue weighted by molar-refractivity contribution is -0.146. The highest BCUT2D eigenvalue weighted by Gasteiger charge is 2.38. The van der Waals surface area contributed by atoms with Crippen LogP contribution < -0.4 is 0 Å². The van der Waals surface area contributed by atoms with Gasteiger partial charge < -0.3 is 5.11 Å². The molecule has 1 N–H and O–H groups in total. The normalized spacial score (nSPS) is 33.1. The molecule has 2 fully saturated rings. The van der Waals surface area contributed by atoms with E-state index in [9.17, 15) is 9.90 Å². The number of aliphatic carboxylic acids is 1. The molecule has 2 unspecified atom stereocenters. The first-order chi connectivity index (χ1) is 7.72. The second kappa shape index (κ2) is 5.17. The zero-order valence-corrected chi connectivity index (χ0v) is 10.2. The van der Waals surface area contributed by atoms with Crippen molar-refractivity contribution in [2.75, 3.05) is 13.1 Å². The van der Waals surface area contributed by atoms with Gasteiger partial charge in [0.25, 0.3) is 0 Å². The molecule has 1 heterocycles. The Balaban J connectivity index is 1.96. The summed E-state index contributed by atoms with van der Waals surface area (Å²) in [5.41, 5.74) is 0. The number of carboxylic acids is 1. The molecule has 3 heteroatoms. The molecule has 1 aliphatic heterocycles. The zero-order valence-electron chi connectivity index (χ0n) is 10.2. The predicted molar refractivity (Wildman–Crippen MR) is 63.4 cm³/mol. The molecule has 1 aliphatic carbocycles. The molecule has 3 nitrogen and oxygen atoms in total. The van der Waals surface area contributed by atoms with Crippen molar-refractivity contribution >= 4 is 5.97 Å². The fraction of sp³-hybridized carbons (Fsp3) is 0.923. The molecule has 2 atom stereocenters. The van der Waals surface area contributed by atoms with Crippen molar-refractivity contribution in [3.05, 3.63) is 0 Å². The lowest BCUT2D eigenvalue weighted by atomic mass is 9.87. The SMILES string of the molecule is CCC1CN(C2CCCCCC2C(=O)O)C1. The molecule has 92 valence electrons. The molecular formula is C13H23NO2. The molecule has 2 aliphatic rings. The second-order valence-corrected chi connectivity index (χ2v) is 5.38. The van der Waals surface area contributed by atoms with Gasteiger partial charge in [0.2, 0.25) is 0 Å². The minimum absolute atomic E-state index is 0.111. The van der Waals surface area contributed by atoms with E-state index in [2.05, 4.69) is 11.8 Å². The van der Waals surface area contributed by atoms with Crippen LogP contribution in [0.3, 0.4) is 0 Å². The average molecular weight is 225 g/mol. The summed E-state index contributed by atoms with van der Waals surface area (Å²) < 4.78 is 0. The predicted octanol–water partition coefficient (Wildman–Crippen LogP) is 2.36. The summed E-state index contributed by atoms with van der Waals surface area (Å²) in [6.45, 7) is 4.49. The maximum Gasteiger partial charge on any atom is 0.308 e. The maximum atomic E-state index is 11.3.